The molecular formula is C21H26BNO10. The van der Waals surface area contributed by atoms with Gasteiger partial charge in [-0.25, -0.2) is 9.59 Å². The SMILES string of the molecule is CC(=O)CCC(=O)NC1Cc2cccc(C(=O)OCOC(=O)OC3CCOCC3)c2OB1O. The molecule has 0 aromatic heterocycles. The smallest absolute Gasteiger partial charge is 0.534 e. The van der Waals surface area contributed by atoms with E-state index < -0.39 is 32.0 Å². The van der Waals surface area contributed by atoms with E-state index in [1.54, 1.807) is 12.1 Å². The van der Waals surface area contributed by atoms with Crippen LogP contribution in [0.1, 0.15) is 48.5 Å². The lowest BCUT2D eigenvalue weighted by Crippen LogP contribution is -2.53. The van der Waals surface area contributed by atoms with Crippen LogP contribution in [0, 0.1) is 0 Å². The lowest BCUT2D eigenvalue weighted by Gasteiger charge is -2.29. The third-order valence-electron chi connectivity index (χ3n) is 5.19. The molecule has 1 aromatic rings. The number of esters is 1. The maximum Gasteiger partial charge on any atom is 0.547 e. The summed E-state index contributed by atoms with van der Waals surface area (Å²) in [4.78, 5) is 47.2. The van der Waals surface area contributed by atoms with E-state index in [1.807, 2.05) is 0 Å². The van der Waals surface area contributed by atoms with Crippen LogP contribution in [0.4, 0.5) is 4.79 Å². The predicted molar refractivity (Wildman–Crippen MR) is 112 cm³/mol. The Morgan fingerprint density at radius 2 is 1.91 bits per heavy atom. The number of ether oxygens (including phenoxy) is 4. The average Bonchev–Trinajstić information content (AvgIpc) is 2.78. The summed E-state index contributed by atoms with van der Waals surface area (Å²) in [5, 5.41) is 12.9. The first kappa shape index (κ1) is 24.5. The van der Waals surface area contributed by atoms with Gasteiger partial charge < -0.3 is 38.7 Å². The molecule has 0 aliphatic carbocycles. The summed E-state index contributed by atoms with van der Waals surface area (Å²) < 4.78 is 25.6. The highest BCUT2D eigenvalue weighted by Crippen LogP contribution is 2.30. The fraction of sp³-hybridized carbons (Fsp3) is 0.524. The zero-order valence-electron chi connectivity index (χ0n) is 18.2. The number of para-hydroxylation sites is 1. The maximum absolute atomic E-state index is 12.5. The number of carbonyl (C=O) groups is 4. The van der Waals surface area contributed by atoms with Gasteiger partial charge in [0.05, 0.1) is 19.2 Å². The van der Waals surface area contributed by atoms with Gasteiger partial charge in [-0.1, -0.05) is 12.1 Å². The number of benzene rings is 1. The number of Topliss-reactive ketones (excluding diaryl/α,β-unsaturated/α-hetero) is 1. The second kappa shape index (κ2) is 11.7. The van der Waals surface area contributed by atoms with E-state index in [-0.39, 0.29) is 48.4 Å². The van der Waals surface area contributed by atoms with Crippen LogP contribution in [-0.4, -0.2) is 68.0 Å². The van der Waals surface area contributed by atoms with Crippen molar-refractivity contribution >= 4 is 30.9 Å². The Balaban J connectivity index is 1.52. The lowest BCUT2D eigenvalue weighted by atomic mass is 9.72. The van der Waals surface area contributed by atoms with Gasteiger partial charge in [0.25, 0.3) is 0 Å². The standard InChI is InChI=1S/C21H26BNO10/c1-13(24)5-6-18(25)23-17-11-14-3-2-4-16(19(14)33-22(17)28)20(26)30-12-31-21(27)32-15-7-9-29-10-8-15/h2-4,15,17,28H,5-12H2,1H3,(H,23,25). The van der Waals surface area contributed by atoms with Gasteiger partial charge in [0.15, 0.2) is 0 Å². The molecule has 2 N–H and O–H groups in total. The molecule has 11 nitrogen and oxygen atoms in total. The van der Waals surface area contributed by atoms with Gasteiger partial charge in [-0.2, -0.15) is 0 Å². The Kier molecular flexibility index (Phi) is 8.67. The number of carbonyl (C=O) groups excluding carboxylic acids is 4. The van der Waals surface area contributed by atoms with E-state index in [2.05, 4.69) is 5.32 Å². The molecule has 1 unspecified atom stereocenters. The molecule has 1 aromatic carbocycles. The largest absolute Gasteiger partial charge is 0.547 e. The van der Waals surface area contributed by atoms with E-state index in [4.69, 9.17) is 23.6 Å². The fourth-order valence-corrected chi connectivity index (χ4v) is 3.45. The van der Waals surface area contributed by atoms with Crippen molar-refractivity contribution in [3.63, 3.8) is 0 Å². The van der Waals surface area contributed by atoms with Gasteiger partial charge in [-0.3, -0.25) is 4.79 Å². The van der Waals surface area contributed by atoms with Crippen molar-refractivity contribution in [3.05, 3.63) is 29.3 Å². The third-order valence-corrected chi connectivity index (χ3v) is 5.19. The molecule has 0 radical (unpaired) electrons. The molecule has 2 aliphatic rings. The van der Waals surface area contributed by atoms with E-state index in [0.717, 1.165) is 0 Å². The van der Waals surface area contributed by atoms with Crippen LogP contribution in [0.5, 0.6) is 5.75 Å². The number of ketones is 1. The summed E-state index contributed by atoms with van der Waals surface area (Å²) in [5.74, 6) is -1.94. The number of fused-ring (bicyclic) bond motifs is 1. The van der Waals surface area contributed by atoms with Crippen LogP contribution in [0.2, 0.25) is 0 Å². The minimum atomic E-state index is -1.40. The zero-order valence-corrected chi connectivity index (χ0v) is 18.2. The average molecular weight is 463 g/mol. The van der Waals surface area contributed by atoms with E-state index >= 15 is 0 Å². The van der Waals surface area contributed by atoms with Crippen molar-refractivity contribution in [2.24, 2.45) is 0 Å². The van der Waals surface area contributed by atoms with Crippen molar-refractivity contribution < 1.29 is 47.8 Å². The molecule has 0 saturated carbocycles. The molecule has 3 rings (SSSR count). The summed E-state index contributed by atoms with van der Waals surface area (Å²) >= 11 is 0. The first-order chi connectivity index (χ1) is 15.8. The molecule has 1 amide bonds. The quantitative estimate of drug-likeness (QED) is 0.324. The molecule has 178 valence electrons. The van der Waals surface area contributed by atoms with Crippen LogP contribution in [-0.2, 0) is 35.0 Å². The molecule has 12 heteroatoms. The minimum Gasteiger partial charge on any atom is -0.534 e. The second-order valence-electron chi connectivity index (χ2n) is 7.76. The molecule has 1 fully saturated rings. The summed E-state index contributed by atoms with van der Waals surface area (Å²) in [7, 11) is -1.40. The van der Waals surface area contributed by atoms with Crippen molar-refractivity contribution in [1.29, 1.82) is 0 Å². The number of rotatable bonds is 8. The monoisotopic (exact) mass is 463 g/mol. The third kappa shape index (κ3) is 7.19. The van der Waals surface area contributed by atoms with E-state index in [9.17, 15) is 24.2 Å². The molecular weight excluding hydrogens is 437 g/mol. The second-order valence-corrected chi connectivity index (χ2v) is 7.76. The van der Waals surface area contributed by atoms with Gasteiger partial charge >= 0.3 is 19.2 Å². The molecule has 1 saturated heterocycles. The molecule has 2 aliphatic heterocycles. The van der Waals surface area contributed by atoms with Crippen molar-refractivity contribution in [2.45, 2.75) is 51.1 Å². The van der Waals surface area contributed by atoms with Crippen molar-refractivity contribution in [1.82, 2.24) is 5.32 Å². The van der Waals surface area contributed by atoms with E-state index in [1.165, 1.54) is 13.0 Å². The van der Waals surface area contributed by atoms with Crippen LogP contribution in [0.25, 0.3) is 0 Å². The van der Waals surface area contributed by atoms with Crippen molar-refractivity contribution in [2.75, 3.05) is 20.0 Å². The molecule has 0 bridgehead atoms. The first-order valence-corrected chi connectivity index (χ1v) is 10.7. The Morgan fingerprint density at radius 1 is 1.15 bits per heavy atom. The topological polar surface area (TPSA) is 147 Å². The summed E-state index contributed by atoms with van der Waals surface area (Å²) in [6.45, 7) is 1.74. The summed E-state index contributed by atoms with van der Waals surface area (Å²) in [5.41, 5.74) is 0.612. The Hall–Kier alpha value is -3.12. The van der Waals surface area contributed by atoms with Gasteiger partial charge in [0, 0.05) is 25.7 Å². The van der Waals surface area contributed by atoms with E-state index in [0.29, 0.717) is 31.6 Å². The Morgan fingerprint density at radius 3 is 2.64 bits per heavy atom. The highest BCUT2D eigenvalue weighted by molar-refractivity contribution is 6.47. The lowest BCUT2D eigenvalue weighted by molar-refractivity contribution is -0.124. The van der Waals surface area contributed by atoms with Crippen LogP contribution in [0.15, 0.2) is 18.2 Å². The summed E-state index contributed by atoms with van der Waals surface area (Å²) in [6, 6.07) is 4.74. The fourth-order valence-electron chi connectivity index (χ4n) is 3.45. The predicted octanol–water partition coefficient (Wildman–Crippen LogP) is 0.942. The highest BCUT2D eigenvalue weighted by atomic mass is 16.8. The number of hydrogen-bond donors (Lipinski definition) is 2. The number of amides is 1. The number of nitrogens with one attached hydrogen (secondary N) is 1. The van der Waals surface area contributed by atoms with Gasteiger partial charge in [-0.05, 0) is 25.0 Å². The zero-order chi connectivity index (χ0) is 23.8. The highest BCUT2D eigenvalue weighted by Gasteiger charge is 2.38. The van der Waals surface area contributed by atoms with Crippen LogP contribution >= 0.6 is 0 Å². The Labute approximate surface area is 190 Å². The summed E-state index contributed by atoms with van der Waals surface area (Å²) in [6.07, 6.45) is 0.221. The van der Waals surface area contributed by atoms with Crippen LogP contribution < -0.4 is 9.97 Å². The Bertz CT molecular complexity index is 886. The van der Waals surface area contributed by atoms with Gasteiger partial charge in [-0.15, -0.1) is 0 Å². The normalized spacial score (nSPS) is 17.9. The van der Waals surface area contributed by atoms with Gasteiger partial charge in [0.2, 0.25) is 12.7 Å². The number of hydrogen-bond acceptors (Lipinski definition) is 10. The molecule has 2 heterocycles. The van der Waals surface area contributed by atoms with Crippen molar-refractivity contribution in [3.8, 4) is 5.75 Å². The minimum absolute atomic E-state index is 0.00867. The maximum atomic E-state index is 12.5. The molecule has 0 spiro atoms. The molecule has 1 atom stereocenters. The first-order valence-electron chi connectivity index (χ1n) is 10.7. The van der Waals surface area contributed by atoms with Gasteiger partial charge in [0.1, 0.15) is 23.2 Å². The molecule has 33 heavy (non-hydrogen) atoms. The van der Waals surface area contributed by atoms with Crippen LogP contribution in [0.3, 0.4) is 0 Å².